The molecule has 0 saturated carbocycles. The van der Waals surface area contributed by atoms with Gasteiger partial charge in [0.25, 0.3) is 0 Å². The van der Waals surface area contributed by atoms with Crippen LogP contribution in [-0.4, -0.2) is 29.3 Å². The van der Waals surface area contributed by atoms with Crippen molar-refractivity contribution in [2.75, 3.05) is 19.8 Å². The second-order valence-electron chi connectivity index (χ2n) is 4.19. The maximum absolute atomic E-state index is 9.75. The number of phenols is 1. The lowest BCUT2D eigenvalue weighted by Gasteiger charge is -2.12. The fourth-order valence-electron chi connectivity index (χ4n) is 1.66. The van der Waals surface area contributed by atoms with Crippen molar-refractivity contribution in [2.24, 2.45) is 0 Å². The van der Waals surface area contributed by atoms with Gasteiger partial charge in [0.15, 0.2) is 5.76 Å². The third kappa shape index (κ3) is 2.39. The summed E-state index contributed by atoms with van der Waals surface area (Å²) in [6.45, 7) is 0.647. The van der Waals surface area contributed by atoms with Gasteiger partial charge in [-0.05, 0) is 32.3 Å². The molecule has 0 aliphatic carbocycles. The number of hydrogen-bond acceptors (Lipinski definition) is 5. The zero-order valence-electron chi connectivity index (χ0n) is 9.84. The summed E-state index contributed by atoms with van der Waals surface area (Å²) in [4.78, 5) is 1.97. The second kappa shape index (κ2) is 4.47. The number of phenolic OH excluding ortho intramolecular Hbond substituents is 1. The van der Waals surface area contributed by atoms with Crippen LogP contribution in [0.25, 0.3) is 11.3 Å². The summed E-state index contributed by atoms with van der Waals surface area (Å²) in [6, 6.07) is 5.24. The minimum absolute atomic E-state index is 0.264. The zero-order chi connectivity index (χ0) is 12.4. The number of hydrogen-bond donors (Lipinski definition) is 2. The summed E-state index contributed by atoms with van der Waals surface area (Å²) in [5.74, 6) is 0.797. The standard InChI is InChI=1S/C12H15N3O2/c1-15(2)7-9-5-8(3-4-11(9)16)12-10(13)6-14-17-12/h3-6,16H,7,13H2,1-2H3. The van der Waals surface area contributed by atoms with Gasteiger partial charge in [-0.3, -0.25) is 0 Å². The molecule has 0 aliphatic rings. The first-order valence-electron chi connectivity index (χ1n) is 5.25. The Hall–Kier alpha value is -2.01. The Labute approximate surface area is 99.4 Å². The van der Waals surface area contributed by atoms with Crippen LogP contribution in [0, 0.1) is 0 Å². The van der Waals surface area contributed by atoms with Gasteiger partial charge < -0.3 is 20.3 Å². The van der Waals surface area contributed by atoms with Gasteiger partial charge in [-0.2, -0.15) is 0 Å². The number of nitrogens with zero attached hydrogens (tertiary/aromatic N) is 2. The van der Waals surface area contributed by atoms with Crippen LogP contribution >= 0.6 is 0 Å². The highest BCUT2D eigenvalue weighted by molar-refractivity contribution is 5.71. The normalized spacial score (nSPS) is 11.0. The van der Waals surface area contributed by atoms with Gasteiger partial charge >= 0.3 is 0 Å². The van der Waals surface area contributed by atoms with Gasteiger partial charge in [-0.15, -0.1) is 0 Å². The van der Waals surface area contributed by atoms with E-state index in [-0.39, 0.29) is 5.75 Å². The molecule has 17 heavy (non-hydrogen) atoms. The molecule has 1 aromatic carbocycles. The van der Waals surface area contributed by atoms with E-state index in [1.165, 1.54) is 6.20 Å². The number of benzene rings is 1. The van der Waals surface area contributed by atoms with Crippen molar-refractivity contribution in [3.63, 3.8) is 0 Å². The van der Waals surface area contributed by atoms with Crippen molar-refractivity contribution in [1.82, 2.24) is 10.1 Å². The van der Waals surface area contributed by atoms with Crippen molar-refractivity contribution in [3.8, 4) is 17.1 Å². The molecule has 5 heteroatoms. The van der Waals surface area contributed by atoms with Crippen LogP contribution in [-0.2, 0) is 6.54 Å². The quantitative estimate of drug-likeness (QED) is 0.843. The summed E-state index contributed by atoms with van der Waals surface area (Å²) in [5.41, 5.74) is 7.86. The van der Waals surface area contributed by atoms with E-state index in [9.17, 15) is 5.11 Å². The lowest BCUT2D eigenvalue weighted by molar-refractivity contribution is 0.385. The molecule has 0 aliphatic heterocycles. The summed E-state index contributed by atoms with van der Waals surface area (Å²) in [5, 5.41) is 13.4. The van der Waals surface area contributed by atoms with Gasteiger partial charge in [0.1, 0.15) is 11.4 Å². The van der Waals surface area contributed by atoms with Crippen molar-refractivity contribution < 1.29 is 9.63 Å². The van der Waals surface area contributed by atoms with E-state index in [0.29, 0.717) is 18.0 Å². The number of aromatic hydroxyl groups is 1. The summed E-state index contributed by atoms with van der Waals surface area (Å²) >= 11 is 0. The van der Waals surface area contributed by atoms with Crippen molar-refractivity contribution >= 4 is 5.69 Å². The van der Waals surface area contributed by atoms with Crippen LogP contribution in [0.5, 0.6) is 5.75 Å². The molecule has 0 atom stereocenters. The minimum Gasteiger partial charge on any atom is -0.508 e. The van der Waals surface area contributed by atoms with Gasteiger partial charge in [-0.25, -0.2) is 0 Å². The number of aromatic nitrogens is 1. The molecule has 1 heterocycles. The third-order valence-electron chi connectivity index (χ3n) is 2.43. The molecule has 2 aromatic rings. The number of anilines is 1. The molecule has 3 N–H and O–H groups in total. The predicted molar refractivity (Wildman–Crippen MR) is 65.4 cm³/mol. The van der Waals surface area contributed by atoms with Gasteiger partial charge in [0, 0.05) is 17.7 Å². The predicted octanol–water partition coefficient (Wildman–Crippen LogP) is 1.69. The molecule has 0 fully saturated rings. The highest BCUT2D eigenvalue weighted by Gasteiger charge is 2.11. The molecule has 2 rings (SSSR count). The first-order valence-corrected chi connectivity index (χ1v) is 5.25. The van der Waals surface area contributed by atoms with E-state index in [0.717, 1.165) is 11.1 Å². The second-order valence-corrected chi connectivity index (χ2v) is 4.19. The highest BCUT2D eigenvalue weighted by Crippen LogP contribution is 2.29. The Morgan fingerprint density at radius 2 is 2.18 bits per heavy atom. The van der Waals surface area contributed by atoms with E-state index in [1.54, 1.807) is 12.1 Å². The van der Waals surface area contributed by atoms with Crippen LogP contribution in [0.15, 0.2) is 28.9 Å². The number of nitrogen functional groups attached to an aromatic ring is 1. The molecule has 0 amide bonds. The molecule has 0 bridgehead atoms. The minimum atomic E-state index is 0.264. The molecular formula is C12H15N3O2. The molecule has 0 unspecified atom stereocenters. The molecule has 90 valence electrons. The fourth-order valence-corrected chi connectivity index (χ4v) is 1.66. The molecule has 0 saturated heterocycles. The maximum atomic E-state index is 9.75. The molecule has 0 radical (unpaired) electrons. The van der Waals surface area contributed by atoms with Crippen molar-refractivity contribution in [1.29, 1.82) is 0 Å². The largest absolute Gasteiger partial charge is 0.508 e. The first kappa shape index (κ1) is 11.5. The van der Waals surface area contributed by atoms with Crippen LogP contribution in [0.3, 0.4) is 0 Å². The van der Waals surface area contributed by atoms with E-state index in [4.69, 9.17) is 10.3 Å². The third-order valence-corrected chi connectivity index (χ3v) is 2.43. The molecular weight excluding hydrogens is 218 g/mol. The zero-order valence-corrected chi connectivity index (χ0v) is 9.84. The molecule has 1 aromatic heterocycles. The van der Waals surface area contributed by atoms with Crippen LogP contribution in [0.2, 0.25) is 0 Å². The van der Waals surface area contributed by atoms with E-state index in [1.807, 2.05) is 25.1 Å². The number of rotatable bonds is 3. The van der Waals surface area contributed by atoms with E-state index in [2.05, 4.69) is 5.16 Å². The Morgan fingerprint density at radius 1 is 1.41 bits per heavy atom. The smallest absolute Gasteiger partial charge is 0.189 e. The highest BCUT2D eigenvalue weighted by atomic mass is 16.5. The SMILES string of the molecule is CN(C)Cc1cc(-c2oncc2N)ccc1O. The topological polar surface area (TPSA) is 75.5 Å². The van der Waals surface area contributed by atoms with Gasteiger partial charge in [0.05, 0.1) is 6.20 Å². The van der Waals surface area contributed by atoms with Crippen LogP contribution in [0.1, 0.15) is 5.56 Å². The van der Waals surface area contributed by atoms with Crippen molar-refractivity contribution in [3.05, 3.63) is 30.0 Å². The Kier molecular flexibility index (Phi) is 3.01. The van der Waals surface area contributed by atoms with E-state index < -0.39 is 0 Å². The molecule has 5 nitrogen and oxygen atoms in total. The van der Waals surface area contributed by atoms with Gasteiger partial charge in [-0.1, -0.05) is 5.16 Å². The Balaban J connectivity index is 2.41. The van der Waals surface area contributed by atoms with Crippen LogP contribution in [0.4, 0.5) is 5.69 Å². The summed E-state index contributed by atoms with van der Waals surface area (Å²) in [6.07, 6.45) is 1.47. The summed E-state index contributed by atoms with van der Waals surface area (Å²) in [7, 11) is 3.88. The lowest BCUT2D eigenvalue weighted by atomic mass is 10.1. The number of nitrogens with two attached hydrogens (primary N) is 1. The Morgan fingerprint density at radius 3 is 2.76 bits per heavy atom. The maximum Gasteiger partial charge on any atom is 0.189 e. The Bertz CT molecular complexity index is 520. The average Bonchev–Trinajstić information content (AvgIpc) is 2.67. The van der Waals surface area contributed by atoms with Crippen molar-refractivity contribution in [2.45, 2.75) is 6.54 Å². The van der Waals surface area contributed by atoms with Crippen LogP contribution < -0.4 is 5.73 Å². The van der Waals surface area contributed by atoms with Gasteiger partial charge in [0.2, 0.25) is 0 Å². The fraction of sp³-hybridized carbons (Fsp3) is 0.250. The first-order chi connectivity index (χ1) is 8.08. The van der Waals surface area contributed by atoms with E-state index >= 15 is 0 Å². The monoisotopic (exact) mass is 233 g/mol. The summed E-state index contributed by atoms with van der Waals surface area (Å²) < 4.78 is 5.08. The average molecular weight is 233 g/mol. The lowest BCUT2D eigenvalue weighted by Crippen LogP contribution is -2.10. The molecule has 0 spiro atoms.